The van der Waals surface area contributed by atoms with Gasteiger partial charge in [0, 0.05) is 23.6 Å². The zero-order valence-corrected chi connectivity index (χ0v) is 19.3. The maximum atomic E-state index is 13.7. The molecule has 5 heteroatoms. The topological polar surface area (TPSA) is 31.4 Å². The van der Waals surface area contributed by atoms with Crippen molar-refractivity contribution in [3.05, 3.63) is 71.4 Å². The summed E-state index contributed by atoms with van der Waals surface area (Å²) in [6.07, 6.45) is -0.466. The molecular weight excluding hydrogens is 420 g/mol. The molecule has 0 saturated carbocycles. The van der Waals surface area contributed by atoms with Gasteiger partial charge in [0.25, 0.3) is 6.43 Å². The number of pyridine rings is 1. The standard InChI is InChI=1S/C28H27F2NO2/c1-16-15-19-7-5-6-8-20(19)25(23(16)17(2)33-28(3,4)27(29)30)21-9-10-22-24-18(12-14-32-22)11-13-31-26(21)24/h5-11,13,15,17,27H,12,14H2,1-4H3. The summed E-state index contributed by atoms with van der Waals surface area (Å²) in [5.74, 6) is 0.838. The fourth-order valence-electron chi connectivity index (χ4n) is 4.99. The van der Waals surface area contributed by atoms with Crippen molar-refractivity contribution >= 4 is 21.7 Å². The normalized spacial score (nSPS) is 14.6. The zero-order chi connectivity index (χ0) is 23.3. The molecule has 0 amide bonds. The molecule has 1 atom stereocenters. The van der Waals surface area contributed by atoms with Crippen LogP contribution in [0.2, 0.25) is 0 Å². The second-order valence-electron chi connectivity index (χ2n) is 9.27. The fraction of sp³-hybridized carbons (Fsp3) is 0.321. The highest BCUT2D eigenvalue weighted by molar-refractivity contribution is 6.08. The number of nitrogens with zero attached hydrogens (tertiary/aromatic N) is 1. The van der Waals surface area contributed by atoms with Crippen LogP contribution < -0.4 is 4.74 Å². The molecule has 0 aliphatic carbocycles. The molecule has 1 unspecified atom stereocenters. The third-order valence-electron chi connectivity index (χ3n) is 6.55. The molecule has 0 saturated heterocycles. The van der Waals surface area contributed by atoms with Crippen LogP contribution in [0.3, 0.4) is 0 Å². The lowest BCUT2D eigenvalue weighted by Crippen LogP contribution is -2.34. The molecular formula is C28H27F2NO2. The monoisotopic (exact) mass is 447 g/mol. The number of alkyl halides is 2. The first kappa shape index (κ1) is 21.8. The van der Waals surface area contributed by atoms with Crippen LogP contribution >= 0.6 is 0 Å². The van der Waals surface area contributed by atoms with E-state index in [-0.39, 0.29) is 0 Å². The van der Waals surface area contributed by atoms with Crippen LogP contribution in [0.5, 0.6) is 5.75 Å². The summed E-state index contributed by atoms with van der Waals surface area (Å²) < 4.78 is 39.2. The lowest BCUT2D eigenvalue weighted by atomic mass is 9.86. The van der Waals surface area contributed by atoms with E-state index in [0.717, 1.165) is 56.1 Å². The van der Waals surface area contributed by atoms with E-state index in [1.54, 1.807) is 0 Å². The van der Waals surface area contributed by atoms with Crippen LogP contribution in [0.4, 0.5) is 8.78 Å². The fourth-order valence-corrected chi connectivity index (χ4v) is 4.99. The predicted octanol–water partition coefficient (Wildman–Crippen LogP) is 7.42. The first-order valence-corrected chi connectivity index (χ1v) is 11.3. The highest BCUT2D eigenvalue weighted by Gasteiger charge is 2.34. The highest BCUT2D eigenvalue weighted by atomic mass is 19.3. The number of rotatable bonds is 5. The van der Waals surface area contributed by atoms with Gasteiger partial charge in [-0.1, -0.05) is 30.3 Å². The lowest BCUT2D eigenvalue weighted by Gasteiger charge is -2.31. The first-order chi connectivity index (χ1) is 15.8. The van der Waals surface area contributed by atoms with E-state index < -0.39 is 18.1 Å². The van der Waals surface area contributed by atoms with E-state index in [1.807, 2.05) is 50.4 Å². The van der Waals surface area contributed by atoms with Gasteiger partial charge in [0.05, 0.1) is 18.2 Å². The van der Waals surface area contributed by atoms with E-state index in [2.05, 4.69) is 18.2 Å². The Labute approximate surface area is 192 Å². The molecule has 4 aromatic rings. The summed E-state index contributed by atoms with van der Waals surface area (Å²) in [6, 6.07) is 16.3. The van der Waals surface area contributed by atoms with Crippen molar-refractivity contribution in [1.29, 1.82) is 0 Å². The second-order valence-corrected chi connectivity index (χ2v) is 9.27. The Balaban J connectivity index is 1.82. The van der Waals surface area contributed by atoms with Crippen LogP contribution in [0.25, 0.3) is 32.8 Å². The molecule has 1 aliphatic heterocycles. The third-order valence-corrected chi connectivity index (χ3v) is 6.55. The van der Waals surface area contributed by atoms with Gasteiger partial charge < -0.3 is 9.47 Å². The Hall–Kier alpha value is -3.05. The van der Waals surface area contributed by atoms with E-state index >= 15 is 0 Å². The molecule has 0 fully saturated rings. The Morgan fingerprint density at radius 1 is 1.09 bits per heavy atom. The summed E-state index contributed by atoms with van der Waals surface area (Å²) in [4.78, 5) is 4.76. The van der Waals surface area contributed by atoms with Crippen molar-refractivity contribution in [3.63, 3.8) is 0 Å². The highest BCUT2D eigenvalue weighted by Crippen LogP contribution is 2.45. The predicted molar refractivity (Wildman–Crippen MR) is 128 cm³/mol. The minimum Gasteiger partial charge on any atom is -0.493 e. The number of ether oxygens (including phenoxy) is 2. The van der Waals surface area contributed by atoms with Crippen LogP contribution in [-0.2, 0) is 11.2 Å². The summed E-state index contributed by atoms with van der Waals surface area (Å²) in [5, 5.41) is 3.16. The Morgan fingerprint density at radius 3 is 2.67 bits per heavy atom. The largest absolute Gasteiger partial charge is 0.493 e. The molecule has 3 aromatic carbocycles. The van der Waals surface area contributed by atoms with Crippen molar-refractivity contribution in [2.24, 2.45) is 0 Å². The molecule has 0 N–H and O–H groups in total. The van der Waals surface area contributed by atoms with Gasteiger partial charge in [0.1, 0.15) is 11.4 Å². The molecule has 5 rings (SSSR count). The van der Waals surface area contributed by atoms with Gasteiger partial charge in [-0.05, 0) is 78.9 Å². The molecule has 0 radical (unpaired) electrons. The van der Waals surface area contributed by atoms with Gasteiger partial charge in [0.15, 0.2) is 0 Å². The average molecular weight is 448 g/mol. The van der Waals surface area contributed by atoms with Gasteiger partial charge in [0.2, 0.25) is 0 Å². The SMILES string of the molecule is Cc1cc2ccccc2c(-c2ccc3c4c(ccnc24)CCO3)c1C(C)OC(C)(C)C(F)F. The smallest absolute Gasteiger partial charge is 0.266 e. The number of aryl methyl sites for hydroxylation is 1. The summed E-state index contributed by atoms with van der Waals surface area (Å²) in [5.41, 5.74) is 4.35. The zero-order valence-electron chi connectivity index (χ0n) is 19.3. The molecule has 0 spiro atoms. The van der Waals surface area contributed by atoms with Crippen LogP contribution in [0.1, 0.15) is 43.6 Å². The second kappa shape index (κ2) is 8.07. The van der Waals surface area contributed by atoms with Gasteiger partial charge in [-0.15, -0.1) is 0 Å². The van der Waals surface area contributed by atoms with Crippen molar-refractivity contribution in [1.82, 2.24) is 4.98 Å². The minimum absolute atomic E-state index is 0.546. The molecule has 170 valence electrons. The van der Waals surface area contributed by atoms with Gasteiger partial charge in [-0.3, -0.25) is 4.98 Å². The van der Waals surface area contributed by atoms with Crippen LogP contribution in [-0.4, -0.2) is 23.6 Å². The van der Waals surface area contributed by atoms with E-state index in [9.17, 15) is 8.78 Å². The number of hydrogen-bond acceptors (Lipinski definition) is 3. The van der Waals surface area contributed by atoms with Crippen LogP contribution in [0, 0.1) is 6.92 Å². The Kier molecular flexibility index (Phi) is 5.32. The number of hydrogen-bond donors (Lipinski definition) is 0. The van der Waals surface area contributed by atoms with Crippen molar-refractivity contribution < 1.29 is 18.3 Å². The molecule has 3 nitrogen and oxygen atoms in total. The summed E-state index contributed by atoms with van der Waals surface area (Å²) in [7, 11) is 0. The van der Waals surface area contributed by atoms with Gasteiger partial charge in [-0.2, -0.15) is 0 Å². The quantitative estimate of drug-likeness (QED) is 0.319. The minimum atomic E-state index is -2.59. The van der Waals surface area contributed by atoms with E-state index in [1.165, 1.54) is 19.4 Å². The van der Waals surface area contributed by atoms with Crippen molar-refractivity contribution in [2.45, 2.75) is 52.2 Å². The lowest BCUT2D eigenvalue weighted by molar-refractivity contribution is -0.146. The number of halogens is 2. The van der Waals surface area contributed by atoms with Crippen LogP contribution in [0.15, 0.2) is 54.7 Å². The molecule has 1 aliphatic rings. The molecule has 0 bridgehead atoms. The summed E-state index contributed by atoms with van der Waals surface area (Å²) in [6.45, 7) is 7.39. The van der Waals surface area contributed by atoms with E-state index in [4.69, 9.17) is 14.5 Å². The van der Waals surface area contributed by atoms with Gasteiger partial charge >= 0.3 is 0 Å². The average Bonchev–Trinajstić information content (AvgIpc) is 2.78. The number of benzene rings is 3. The molecule has 2 heterocycles. The number of fused-ring (bicyclic) bond motifs is 1. The number of aromatic nitrogens is 1. The Bertz CT molecular complexity index is 1350. The van der Waals surface area contributed by atoms with E-state index in [0.29, 0.717) is 6.61 Å². The van der Waals surface area contributed by atoms with Crippen molar-refractivity contribution in [2.75, 3.05) is 6.61 Å². The maximum absolute atomic E-state index is 13.7. The van der Waals surface area contributed by atoms with Crippen molar-refractivity contribution in [3.8, 4) is 16.9 Å². The summed E-state index contributed by atoms with van der Waals surface area (Å²) >= 11 is 0. The third kappa shape index (κ3) is 3.65. The maximum Gasteiger partial charge on any atom is 0.266 e. The molecule has 33 heavy (non-hydrogen) atoms. The first-order valence-electron chi connectivity index (χ1n) is 11.3. The Morgan fingerprint density at radius 2 is 1.88 bits per heavy atom. The molecule has 1 aromatic heterocycles. The van der Waals surface area contributed by atoms with Gasteiger partial charge in [-0.25, -0.2) is 8.78 Å².